The first-order chi connectivity index (χ1) is 13.7. The smallest absolute Gasteiger partial charge is 0.324 e. The number of hydrogen-bond donors (Lipinski definition) is 2. The number of benzene rings is 1. The van der Waals surface area contributed by atoms with E-state index in [1.54, 1.807) is 0 Å². The molecule has 6 heteroatoms. The fourth-order valence-corrected chi connectivity index (χ4v) is 4.66. The average Bonchev–Trinajstić information content (AvgIpc) is 2.89. The van der Waals surface area contributed by atoms with Crippen LogP contribution in [0.1, 0.15) is 83.3 Å². The number of rotatable bonds is 5. The van der Waals surface area contributed by atoms with Crippen LogP contribution in [0.5, 0.6) is 0 Å². The zero-order valence-electron chi connectivity index (χ0n) is 18.2. The van der Waals surface area contributed by atoms with E-state index in [4.69, 9.17) is 0 Å². The maximum absolute atomic E-state index is 13.1. The molecule has 3 rings (SSSR count). The molecule has 1 aliphatic heterocycles. The summed E-state index contributed by atoms with van der Waals surface area (Å²) < 4.78 is 0. The van der Waals surface area contributed by atoms with Crippen LogP contribution in [0, 0.1) is 5.92 Å². The minimum absolute atomic E-state index is 0.0787. The molecule has 1 heterocycles. The Morgan fingerprint density at radius 3 is 2.34 bits per heavy atom. The molecule has 1 spiro atoms. The standard InChI is InChI=1S/C23H33N3O3/c1-14(2)17-10-8-11-18(15(3)4)20(17)24-19(27)13-26-21(28)23(25-22(26)29)12-7-6-9-16(23)5/h8,10-11,14-16H,6-7,9,12-13H2,1-5H3,(H,24,27)(H,25,29)/t16-,23-/m0/s1. The third-order valence-corrected chi connectivity index (χ3v) is 6.44. The van der Waals surface area contributed by atoms with Crippen molar-refractivity contribution in [3.05, 3.63) is 29.3 Å². The monoisotopic (exact) mass is 399 g/mol. The van der Waals surface area contributed by atoms with E-state index in [-0.39, 0.29) is 36.1 Å². The number of nitrogens with one attached hydrogen (secondary N) is 2. The SMILES string of the molecule is CC(C)c1cccc(C(C)C)c1NC(=O)CN1C(=O)N[C@]2(CCCC[C@@H]2C)C1=O. The summed E-state index contributed by atoms with van der Waals surface area (Å²) in [6, 6.07) is 5.57. The molecule has 1 aromatic rings. The Hall–Kier alpha value is -2.37. The van der Waals surface area contributed by atoms with Crippen LogP contribution < -0.4 is 10.6 Å². The fourth-order valence-electron chi connectivity index (χ4n) is 4.66. The normalized spacial score (nSPS) is 24.5. The number of para-hydroxylation sites is 1. The molecular weight excluding hydrogens is 366 g/mol. The molecule has 1 saturated carbocycles. The van der Waals surface area contributed by atoms with Crippen LogP contribution in [-0.4, -0.2) is 34.8 Å². The summed E-state index contributed by atoms with van der Waals surface area (Å²) >= 11 is 0. The summed E-state index contributed by atoms with van der Waals surface area (Å²) in [6.07, 6.45) is 3.53. The molecule has 1 aromatic carbocycles. The molecule has 1 saturated heterocycles. The highest BCUT2D eigenvalue weighted by molar-refractivity contribution is 6.10. The van der Waals surface area contributed by atoms with Gasteiger partial charge in [-0.2, -0.15) is 0 Å². The molecule has 4 amide bonds. The number of imide groups is 1. The van der Waals surface area contributed by atoms with E-state index in [0.29, 0.717) is 6.42 Å². The molecule has 2 fully saturated rings. The first-order valence-electron chi connectivity index (χ1n) is 10.7. The van der Waals surface area contributed by atoms with Crippen LogP contribution in [-0.2, 0) is 9.59 Å². The number of urea groups is 1. The van der Waals surface area contributed by atoms with Crippen molar-refractivity contribution in [2.75, 3.05) is 11.9 Å². The minimum Gasteiger partial charge on any atom is -0.324 e. The Morgan fingerprint density at radius 2 is 1.79 bits per heavy atom. The van der Waals surface area contributed by atoms with E-state index in [1.165, 1.54) is 0 Å². The van der Waals surface area contributed by atoms with Crippen LogP contribution in [0.4, 0.5) is 10.5 Å². The number of anilines is 1. The third kappa shape index (κ3) is 3.89. The van der Waals surface area contributed by atoms with Crippen LogP contribution in [0.25, 0.3) is 0 Å². The van der Waals surface area contributed by atoms with Gasteiger partial charge in [0.15, 0.2) is 0 Å². The summed E-state index contributed by atoms with van der Waals surface area (Å²) in [5, 5.41) is 5.90. The lowest BCUT2D eigenvalue weighted by Crippen LogP contribution is -2.54. The molecule has 29 heavy (non-hydrogen) atoms. The number of hydrogen-bond acceptors (Lipinski definition) is 3. The van der Waals surface area contributed by atoms with Gasteiger partial charge in [-0.05, 0) is 41.7 Å². The molecular formula is C23H33N3O3. The number of amides is 4. The number of carbonyl (C=O) groups excluding carboxylic acids is 3. The topological polar surface area (TPSA) is 78.5 Å². The Balaban J connectivity index is 1.80. The van der Waals surface area contributed by atoms with Crippen molar-refractivity contribution >= 4 is 23.5 Å². The molecule has 2 atom stereocenters. The molecule has 0 radical (unpaired) electrons. The lowest BCUT2D eigenvalue weighted by Gasteiger charge is -2.36. The Kier molecular flexibility index (Phi) is 6.01. The van der Waals surface area contributed by atoms with Gasteiger partial charge in [0.2, 0.25) is 5.91 Å². The van der Waals surface area contributed by atoms with Crippen molar-refractivity contribution in [1.82, 2.24) is 10.2 Å². The third-order valence-electron chi connectivity index (χ3n) is 6.44. The molecule has 158 valence electrons. The molecule has 6 nitrogen and oxygen atoms in total. The second-order valence-corrected chi connectivity index (χ2v) is 9.11. The van der Waals surface area contributed by atoms with Gasteiger partial charge in [0.25, 0.3) is 5.91 Å². The highest BCUT2D eigenvalue weighted by Crippen LogP contribution is 2.38. The zero-order valence-corrected chi connectivity index (χ0v) is 18.2. The van der Waals surface area contributed by atoms with E-state index in [0.717, 1.165) is 41.0 Å². The van der Waals surface area contributed by atoms with Gasteiger partial charge >= 0.3 is 6.03 Å². The summed E-state index contributed by atoms with van der Waals surface area (Å²) in [5.74, 6) is -0.0378. The predicted octanol–water partition coefficient (Wildman–Crippen LogP) is 4.37. The van der Waals surface area contributed by atoms with Crippen LogP contribution >= 0.6 is 0 Å². The van der Waals surface area contributed by atoms with Gasteiger partial charge < -0.3 is 10.6 Å². The minimum atomic E-state index is -0.839. The predicted molar refractivity (Wildman–Crippen MR) is 114 cm³/mol. The largest absolute Gasteiger partial charge is 0.325 e. The van der Waals surface area contributed by atoms with Gasteiger partial charge in [0.05, 0.1) is 0 Å². The van der Waals surface area contributed by atoms with Crippen molar-refractivity contribution in [3.63, 3.8) is 0 Å². The van der Waals surface area contributed by atoms with E-state index in [1.807, 2.05) is 25.1 Å². The van der Waals surface area contributed by atoms with Crippen LogP contribution in [0.3, 0.4) is 0 Å². The highest BCUT2D eigenvalue weighted by Gasteiger charge is 2.55. The zero-order chi connectivity index (χ0) is 21.3. The summed E-state index contributed by atoms with van der Waals surface area (Å²) in [5.41, 5.74) is 2.07. The van der Waals surface area contributed by atoms with Gasteiger partial charge in [-0.25, -0.2) is 4.79 Å². The Labute approximate surface area is 173 Å². The van der Waals surface area contributed by atoms with E-state index < -0.39 is 11.6 Å². The molecule has 0 unspecified atom stereocenters. The summed E-state index contributed by atoms with van der Waals surface area (Å²) in [7, 11) is 0. The Bertz CT molecular complexity index is 791. The van der Waals surface area contributed by atoms with E-state index in [2.05, 4.69) is 38.3 Å². The van der Waals surface area contributed by atoms with Crippen LogP contribution in [0.15, 0.2) is 18.2 Å². The first-order valence-corrected chi connectivity index (χ1v) is 10.7. The van der Waals surface area contributed by atoms with Crippen molar-refractivity contribution in [3.8, 4) is 0 Å². The molecule has 1 aliphatic carbocycles. The molecule has 2 N–H and O–H groups in total. The van der Waals surface area contributed by atoms with Crippen molar-refractivity contribution < 1.29 is 14.4 Å². The maximum atomic E-state index is 13.1. The maximum Gasteiger partial charge on any atom is 0.325 e. The lowest BCUT2D eigenvalue weighted by atomic mass is 9.73. The van der Waals surface area contributed by atoms with E-state index in [9.17, 15) is 14.4 Å². The van der Waals surface area contributed by atoms with Crippen molar-refractivity contribution in [1.29, 1.82) is 0 Å². The van der Waals surface area contributed by atoms with Gasteiger partial charge in [-0.15, -0.1) is 0 Å². The summed E-state index contributed by atoms with van der Waals surface area (Å²) in [6.45, 7) is 10.1. The van der Waals surface area contributed by atoms with Crippen molar-refractivity contribution in [2.24, 2.45) is 5.92 Å². The quantitative estimate of drug-likeness (QED) is 0.722. The molecule has 0 aromatic heterocycles. The average molecular weight is 400 g/mol. The Morgan fingerprint density at radius 1 is 1.17 bits per heavy atom. The van der Waals surface area contributed by atoms with Crippen LogP contribution in [0.2, 0.25) is 0 Å². The van der Waals surface area contributed by atoms with Gasteiger partial charge in [0, 0.05) is 5.69 Å². The van der Waals surface area contributed by atoms with E-state index >= 15 is 0 Å². The van der Waals surface area contributed by atoms with Crippen molar-refractivity contribution in [2.45, 2.75) is 77.7 Å². The number of nitrogens with zero attached hydrogens (tertiary/aromatic N) is 1. The summed E-state index contributed by atoms with van der Waals surface area (Å²) in [4.78, 5) is 39.6. The second-order valence-electron chi connectivity index (χ2n) is 9.11. The number of carbonyl (C=O) groups is 3. The highest BCUT2D eigenvalue weighted by atomic mass is 16.2. The molecule has 2 aliphatic rings. The first kappa shape index (κ1) is 21.3. The second kappa shape index (κ2) is 8.17. The fraction of sp³-hybridized carbons (Fsp3) is 0.609. The lowest BCUT2D eigenvalue weighted by molar-refractivity contribution is -0.136. The van der Waals surface area contributed by atoms with Gasteiger partial charge in [-0.3, -0.25) is 14.5 Å². The van der Waals surface area contributed by atoms with Gasteiger partial charge in [-0.1, -0.05) is 65.7 Å². The van der Waals surface area contributed by atoms with Gasteiger partial charge in [0.1, 0.15) is 12.1 Å². The molecule has 0 bridgehead atoms.